The van der Waals surface area contributed by atoms with Crippen LogP contribution in [0.5, 0.6) is 34.5 Å². The van der Waals surface area contributed by atoms with Crippen molar-refractivity contribution < 1.29 is 44.9 Å². The number of nitrogens with one attached hydrogen (secondary N) is 3. The summed E-state index contributed by atoms with van der Waals surface area (Å²) in [6.45, 7) is 3.48. The molecule has 2 bridgehead atoms. The number of phenolic OH excluding ortho intramolecular Hbond substituents is 4. The second kappa shape index (κ2) is 20.9. The number of nitrogens with zero attached hydrogens (tertiary/aromatic N) is 1. The van der Waals surface area contributed by atoms with Crippen molar-refractivity contribution in [3.8, 4) is 34.5 Å². The molecule has 72 heavy (non-hydrogen) atoms. The molecule has 13 heteroatoms. The summed E-state index contributed by atoms with van der Waals surface area (Å²) < 4.78 is 12.3. The smallest absolute Gasteiger partial charge is 0.200 e. The van der Waals surface area contributed by atoms with Gasteiger partial charge in [-0.1, -0.05) is 37.3 Å². The summed E-state index contributed by atoms with van der Waals surface area (Å²) in [5, 5.41) is 78.7. The molecule has 0 radical (unpaired) electrons. The standard InChI is InChI=1S/C59H68N4O9/c1-34-6-3-7-35(24-34)33-72-53-29-39(28-52(69)57(53)70)38-25-40(32-60-2)55-44-14-13-43(64)26-37(44)10-15-47(55)63-54-30-41(19-22-62-54)59(20-18-48(65)46(59)31-42-8-4-21-61-42)56(51(68)27-38)49(66)16-11-36-12-17-50(67)58-45(36)9-5-23-71-58/h3-4,7-8,10,12-15,17,19,21-22,26,28-30,34-35,38,40,46,48-49,56,60-61,64-67,69-70H,5-6,9,11,16,18,20,23-25,27,31-33H2,1-2H3,(H,62,63). The molecule has 13 nitrogen and oxygen atoms in total. The molecule has 9 atom stereocenters. The quantitative estimate of drug-likeness (QED) is 0.0415. The minimum Gasteiger partial charge on any atom is -0.508 e. The van der Waals surface area contributed by atoms with Crippen molar-refractivity contribution in [2.24, 2.45) is 23.7 Å². The first-order valence-electron chi connectivity index (χ1n) is 25.9. The number of carbonyl (C=O) groups is 1. The second-order valence-electron chi connectivity index (χ2n) is 21.0. The zero-order valence-electron chi connectivity index (χ0n) is 41.2. The Morgan fingerprint density at radius 1 is 1.00 bits per heavy atom. The Bertz CT molecular complexity index is 2940. The van der Waals surface area contributed by atoms with Gasteiger partial charge in [0.25, 0.3) is 0 Å². The van der Waals surface area contributed by atoms with Crippen LogP contribution >= 0.6 is 0 Å². The largest absolute Gasteiger partial charge is 0.508 e. The van der Waals surface area contributed by atoms with Crippen LogP contribution in [0.4, 0.5) is 11.5 Å². The fraction of sp³-hybridized carbons (Fsp3) is 0.424. The van der Waals surface area contributed by atoms with Gasteiger partial charge in [0.15, 0.2) is 23.0 Å². The minimum atomic E-state index is -1.20. The molecule has 9 unspecified atom stereocenters. The molecule has 2 aliphatic heterocycles. The predicted molar refractivity (Wildman–Crippen MR) is 278 cm³/mol. The normalized spacial score (nSPS) is 25.6. The Morgan fingerprint density at radius 3 is 2.69 bits per heavy atom. The molecule has 1 saturated carbocycles. The third-order valence-electron chi connectivity index (χ3n) is 16.4. The summed E-state index contributed by atoms with van der Waals surface area (Å²) in [5.41, 5.74) is 4.76. The number of ketones is 1. The van der Waals surface area contributed by atoms with Gasteiger partial charge in [-0.2, -0.15) is 0 Å². The zero-order chi connectivity index (χ0) is 50.1. The lowest BCUT2D eigenvalue weighted by atomic mass is 9.58. The van der Waals surface area contributed by atoms with Gasteiger partial charge >= 0.3 is 0 Å². The molecule has 4 heterocycles. The van der Waals surface area contributed by atoms with Crippen molar-refractivity contribution in [2.45, 2.75) is 107 Å². The van der Waals surface area contributed by atoms with Crippen LogP contribution in [-0.4, -0.2) is 85.4 Å². The van der Waals surface area contributed by atoms with Crippen LogP contribution in [0.2, 0.25) is 0 Å². The highest BCUT2D eigenvalue weighted by Crippen LogP contribution is 2.56. The molecule has 2 aliphatic carbocycles. The fourth-order valence-corrected chi connectivity index (χ4v) is 13.0. The molecule has 4 aromatic carbocycles. The summed E-state index contributed by atoms with van der Waals surface area (Å²) in [6.07, 6.45) is 11.5. The Labute approximate surface area is 421 Å². The lowest BCUT2D eigenvalue weighted by Gasteiger charge is -2.45. The van der Waals surface area contributed by atoms with Crippen molar-refractivity contribution in [1.29, 1.82) is 0 Å². The van der Waals surface area contributed by atoms with Gasteiger partial charge in [-0.15, -0.1) is 0 Å². The Kier molecular flexibility index (Phi) is 14.2. The first-order valence-corrected chi connectivity index (χ1v) is 25.9. The van der Waals surface area contributed by atoms with Crippen molar-refractivity contribution in [2.75, 3.05) is 32.1 Å². The van der Waals surface area contributed by atoms with E-state index in [4.69, 9.17) is 14.5 Å². The summed E-state index contributed by atoms with van der Waals surface area (Å²) >= 11 is 0. The minimum absolute atomic E-state index is 0.0593. The van der Waals surface area contributed by atoms with E-state index < -0.39 is 35.4 Å². The molecule has 6 aromatic rings. The number of aliphatic hydroxyl groups is 2. The van der Waals surface area contributed by atoms with Crippen LogP contribution in [0, 0.1) is 23.7 Å². The zero-order valence-corrected chi connectivity index (χ0v) is 41.2. The summed E-state index contributed by atoms with van der Waals surface area (Å²) in [6, 6.07) is 23.9. The van der Waals surface area contributed by atoms with Gasteiger partial charge in [0, 0.05) is 59.6 Å². The van der Waals surface area contributed by atoms with Crippen LogP contribution < -0.4 is 20.1 Å². The number of aliphatic hydroxyl groups excluding tert-OH is 2. The average molecular weight is 977 g/mol. The molecular weight excluding hydrogens is 909 g/mol. The van der Waals surface area contributed by atoms with Crippen LogP contribution in [0.25, 0.3) is 10.8 Å². The molecule has 378 valence electrons. The number of likely N-dealkylation sites (N-methyl/N-ethyl adjacent to an activating group) is 1. The number of H-pyrrole nitrogens is 1. The molecule has 4 aliphatic rings. The maximum Gasteiger partial charge on any atom is 0.200 e. The van der Waals surface area contributed by atoms with Gasteiger partial charge in [0.2, 0.25) is 5.75 Å². The third kappa shape index (κ3) is 9.74. The highest BCUT2D eigenvalue weighted by atomic mass is 16.5. The van der Waals surface area contributed by atoms with Crippen LogP contribution in [0.1, 0.15) is 104 Å². The molecule has 1 fully saturated rings. The monoisotopic (exact) mass is 976 g/mol. The van der Waals surface area contributed by atoms with Gasteiger partial charge in [-0.3, -0.25) is 4.79 Å². The lowest BCUT2D eigenvalue weighted by Crippen LogP contribution is -2.51. The third-order valence-corrected chi connectivity index (χ3v) is 16.4. The number of carbonyl (C=O) groups excluding carboxylic acids is 1. The maximum absolute atomic E-state index is 16.4. The van der Waals surface area contributed by atoms with Crippen molar-refractivity contribution in [3.05, 3.63) is 137 Å². The average Bonchev–Trinajstić information content (AvgIpc) is 4.01. The van der Waals surface area contributed by atoms with Crippen LogP contribution in [0.3, 0.4) is 0 Å². The number of aromatic nitrogens is 2. The van der Waals surface area contributed by atoms with E-state index in [-0.39, 0.29) is 59.2 Å². The lowest BCUT2D eigenvalue weighted by molar-refractivity contribution is -0.132. The van der Waals surface area contributed by atoms with Crippen molar-refractivity contribution in [3.63, 3.8) is 0 Å². The van der Waals surface area contributed by atoms with Gasteiger partial charge in [-0.05, 0) is 183 Å². The van der Waals surface area contributed by atoms with Gasteiger partial charge in [0.05, 0.1) is 31.3 Å². The number of rotatable bonds is 12. The van der Waals surface area contributed by atoms with E-state index in [0.717, 1.165) is 63.7 Å². The van der Waals surface area contributed by atoms with Gasteiger partial charge in [-0.25, -0.2) is 4.98 Å². The Hall–Kier alpha value is -6.54. The van der Waals surface area contributed by atoms with E-state index in [1.54, 1.807) is 30.5 Å². The Balaban J connectivity index is 1.15. The number of pyridine rings is 1. The van der Waals surface area contributed by atoms with E-state index in [1.807, 2.05) is 61.8 Å². The number of aromatic hydroxyl groups is 4. The number of fused-ring (bicyclic) bond motifs is 7. The topological polar surface area (TPSA) is 210 Å². The summed E-state index contributed by atoms with van der Waals surface area (Å²) in [7, 11) is 1.89. The number of hydrogen-bond donors (Lipinski definition) is 9. The molecule has 0 amide bonds. The number of aromatic amines is 1. The number of Topliss-reactive ketones (excluding diaryl/α,β-unsaturated/α-hetero) is 1. The van der Waals surface area contributed by atoms with Gasteiger partial charge < -0.3 is 55.7 Å². The molecule has 0 saturated heterocycles. The number of allylic oxidation sites excluding steroid dienone is 1. The first kappa shape index (κ1) is 49.1. The first-order chi connectivity index (χ1) is 34.9. The van der Waals surface area contributed by atoms with E-state index in [0.29, 0.717) is 81.3 Å². The van der Waals surface area contributed by atoms with Gasteiger partial charge in [0.1, 0.15) is 17.4 Å². The summed E-state index contributed by atoms with van der Waals surface area (Å²) in [4.78, 5) is 24.6. The molecule has 9 N–H and O–H groups in total. The van der Waals surface area contributed by atoms with Crippen molar-refractivity contribution >= 4 is 28.1 Å². The van der Waals surface area contributed by atoms with E-state index in [9.17, 15) is 30.6 Å². The maximum atomic E-state index is 16.4. The molecular formula is C59H68N4O9. The Morgan fingerprint density at radius 2 is 1.88 bits per heavy atom. The number of hydrogen-bond acceptors (Lipinski definition) is 12. The number of ether oxygens (including phenoxy) is 2. The summed E-state index contributed by atoms with van der Waals surface area (Å²) in [5.74, 6) is -1.39. The number of phenols is 4. The predicted octanol–water partition coefficient (Wildman–Crippen LogP) is 9.75. The van der Waals surface area contributed by atoms with E-state index >= 15 is 4.79 Å². The fourth-order valence-electron chi connectivity index (χ4n) is 13.0. The highest BCUT2D eigenvalue weighted by molar-refractivity contribution is 5.93. The SMILES string of the molecule is CNCC1CC(c2cc(O)c(O)c(OCC3C=CCC(C)C3)c2)CC(=O)C(C(O)CCc2ccc(O)c3c2CCCO3)C2(CCC(O)C2Cc2ccc[nH]2)c2ccnc(c2)Nc2ccc3cc(O)ccc3c21. The van der Waals surface area contributed by atoms with Crippen LogP contribution in [0.15, 0.2) is 103 Å². The highest BCUT2D eigenvalue weighted by Gasteiger charge is 2.58. The number of benzene rings is 4. The van der Waals surface area contributed by atoms with Crippen molar-refractivity contribution in [1.82, 2.24) is 15.3 Å². The van der Waals surface area contributed by atoms with E-state index in [2.05, 4.69) is 34.7 Å². The number of aryl methyl sites for hydroxylation is 1. The number of anilines is 2. The molecule has 2 aromatic heterocycles. The second-order valence-corrected chi connectivity index (χ2v) is 21.0. The molecule has 10 rings (SSSR count). The van der Waals surface area contributed by atoms with Crippen LogP contribution in [-0.2, 0) is 29.5 Å². The van der Waals surface area contributed by atoms with E-state index in [1.165, 1.54) is 6.07 Å². The molecule has 1 spiro atoms.